The average Bonchev–Trinajstić information content (AvgIpc) is 2.35. The van der Waals surface area contributed by atoms with Crippen molar-refractivity contribution in [3.05, 3.63) is 0 Å². The molecule has 0 saturated carbocycles. The van der Waals surface area contributed by atoms with Crippen LogP contribution in [0, 0.1) is 0 Å². The van der Waals surface area contributed by atoms with Gasteiger partial charge in [0.2, 0.25) is 5.91 Å². The zero-order valence-electron chi connectivity index (χ0n) is 11.5. The summed E-state index contributed by atoms with van der Waals surface area (Å²) in [5.74, 6) is -0.00787. The van der Waals surface area contributed by atoms with Crippen molar-refractivity contribution in [2.75, 3.05) is 31.7 Å². The third-order valence-electron chi connectivity index (χ3n) is 2.20. The summed E-state index contributed by atoms with van der Waals surface area (Å²) in [6, 6.07) is 0.727. The Morgan fingerprint density at radius 1 is 1.11 bits per heavy atom. The van der Waals surface area contributed by atoms with E-state index in [-0.39, 0.29) is 5.91 Å². The normalized spacial score (nSPS) is 11.6. The van der Waals surface area contributed by atoms with Gasteiger partial charge in [0.25, 0.3) is 0 Å². The van der Waals surface area contributed by atoms with Crippen LogP contribution in [0.2, 0.25) is 6.04 Å². The molecule has 0 aliphatic carbocycles. The van der Waals surface area contributed by atoms with Gasteiger partial charge in [-0.3, -0.25) is 4.79 Å². The summed E-state index contributed by atoms with van der Waals surface area (Å²) >= 11 is 3.10. The molecule has 0 saturated heterocycles. The van der Waals surface area contributed by atoms with Gasteiger partial charge in [-0.1, -0.05) is 15.9 Å². The molecule has 0 unspecified atom stereocenters. The first-order valence-electron chi connectivity index (χ1n) is 6.38. The van der Waals surface area contributed by atoms with Gasteiger partial charge in [0.1, 0.15) is 0 Å². The summed E-state index contributed by atoms with van der Waals surface area (Å²) in [5.41, 5.74) is 0. The Bertz CT molecular complexity index is 214. The summed E-state index contributed by atoms with van der Waals surface area (Å²) < 4.78 is 17.1. The van der Waals surface area contributed by atoms with Crippen LogP contribution in [0.3, 0.4) is 0 Å². The highest BCUT2D eigenvalue weighted by Crippen LogP contribution is 2.17. The van der Waals surface area contributed by atoms with Crippen molar-refractivity contribution in [2.45, 2.75) is 33.2 Å². The van der Waals surface area contributed by atoms with E-state index in [0.717, 1.165) is 12.5 Å². The number of hydrogen-bond donors (Lipinski definition) is 1. The minimum Gasteiger partial charge on any atom is -0.374 e. The van der Waals surface area contributed by atoms with Crippen LogP contribution < -0.4 is 5.32 Å². The van der Waals surface area contributed by atoms with Gasteiger partial charge in [-0.2, -0.15) is 0 Å². The molecule has 0 heterocycles. The van der Waals surface area contributed by atoms with E-state index < -0.39 is 8.80 Å². The Kier molecular flexibility index (Phi) is 11.0. The summed E-state index contributed by atoms with van der Waals surface area (Å²) in [6.07, 6.45) is 0.797. The molecular weight excluding hydrogens is 318 g/mol. The van der Waals surface area contributed by atoms with E-state index in [0.29, 0.717) is 31.7 Å². The molecule has 0 aromatic heterocycles. The Hall–Kier alpha value is 0.0469. The maximum Gasteiger partial charge on any atom is 0.500 e. The molecule has 0 bridgehead atoms. The Balaban J connectivity index is 4.16. The van der Waals surface area contributed by atoms with Crippen LogP contribution in [0.15, 0.2) is 0 Å². The minimum absolute atomic E-state index is 0.00787. The third-order valence-corrected chi connectivity index (χ3v) is 5.86. The summed E-state index contributed by atoms with van der Waals surface area (Å²) in [6.45, 7) is 8.18. The molecule has 0 rings (SSSR count). The molecule has 18 heavy (non-hydrogen) atoms. The first-order chi connectivity index (χ1) is 8.64. The second kappa shape index (κ2) is 10.9. The van der Waals surface area contributed by atoms with Gasteiger partial charge < -0.3 is 18.6 Å². The maximum absolute atomic E-state index is 11.1. The number of carbonyl (C=O) groups excluding carboxylic acids is 1. The van der Waals surface area contributed by atoms with Crippen molar-refractivity contribution >= 4 is 30.6 Å². The molecule has 0 aliphatic rings. The Morgan fingerprint density at radius 3 is 2.00 bits per heavy atom. The number of amides is 1. The maximum atomic E-state index is 11.1. The fourth-order valence-electron chi connectivity index (χ4n) is 1.58. The molecule has 0 aliphatic heterocycles. The van der Waals surface area contributed by atoms with Gasteiger partial charge >= 0.3 is 8.80 Å². The Morgan fingerprint density at radius 2 is 1.61 bits per heavy atom. The monoisotopic (exact) mass is 341 g/mol. The number of nitrogens with one attached hydrogen (secondary N) is 1. The van der Waals surface area contributed by atoms with E-state index in [9.17, 15) is 4.79 Å². The first kappa shape index (κ1) is 18.0. The van der Waals surface area contributed by atoms with Gasteiger partial charge in [0, 0.05) is 32.4 Å². The van der Waals surface area contributed by atoms with Crippen molar-refractivity contribution in [1.82, 2.24) is 5.32 Å². The van der Waals surface area contributed by atoms with Gasteiger partial charge in [-0.15, -0.1) is 0 Å². The van der Waals surface area contributed by atoms with Crippen molar-refractivity contribution in [3.8, 4) is 0 Å². The lowest BCUT2D eigenvalue weighted by Gasteiger charge is -2.28. The highest BCUT2D eigenvalue weighted by atomic mass is 79.9. The van der Waals surface area contributed by atoms with E-state index in [2.05, 4.69) is 21.2 Å². The lowest BCUT2D eigenvalue weighted by Crippen LogP contribution is -2.46. The molecule has 0 aromatic rings. The highest BCUT2D eigenvalue weighted by molar-refractivity contribution is 9.09. The van der Waals surface area contributed by atoms with Crippen molar-refractivity contribution in [1.29, 1.82) is 0 Å². The zero-order chi connectivity index (χ0) is 13.9. The van der Waals surface area contributed by atoms with Crippen molar-refractivity contribution in [2.24, 2.45) is 0 Å². The topological polar surface area (TPSA) is 56.8 Å². The Labute approximate surface area is 119 Å². The lowest BCUT2D eigenvalue weighted by molar-refractivity contribution is -0.118. The van der Waals surface area contributed by atoms with Crippen LogP contribution in [-0.2, 0) is 18.1 Å². The largest absolute Gasteiger partial charge is 0.500 e. The predicted octanol–water partition coefficient (Wildman–Crippen LogP) is 1.94. The second-order valence-corrected chi connectivity index (χ2v) is 6.86. The highest BCUT2D eigenvalue weighted by Gasteiger charge is 2.39. The van der Waals surface area contributed by atoms with E-state index in [1.807, 2.05) is 20.8 Å². The van der Waals surface area contributed by atoms with E-state index >= 15 is 0 Å². The molecule has 0 radical (unpaired) electrons. The molecule has 0 fully saturated rings. The summed E-state index contributed by atoms with van der Waals surface area (Å²) in [7, 11) is -2.54. The first-order valence-corrected chi connectivity index (χ1v) is 9.44. The average molecular weight is 342 g/mol. The number of carbonyl (C=O) groups is 1. The van der Waals surface area contributed by atoms with Crippen LogP contribution in [0.5, 0.6) is 0 Å². The fourth-order valence-corrected chi connectivity index (χ4v) is 4.39. The number of halogens is 1. The zero-order valence-corrected chi connectivity index (χ0v) is 14.0. The predicted molar refractivity (Wildman–Crippen MR) is 76.9 cm³/mol. The molecule has 5 nitrogen and oxygen atoms in total. The molecule has 0 spiro atoms. The summed E-state index contributed by atoms with van der Waals surface area (Å²) in [4.78, 5) is 11.1. The van der Waals surface area contributed by atoms with Crippen LogP contribution in [0.25, 0.3) is 0 Å². The minimum atomic E-state index is -2.54. The van der Waals surface area contributed by atoms with Gasteiger partial charge in [-0.25, -0.2) is 0 Å². The van der Waals surface area contributed by atoms with Crippen molar-refractivity contribution in [3.63, 3.8) is 0 Å². The summed E-state index contributed by atoms with van der Waals surface area (Å²) in [5, 5.41) is 3.13. The molecule has 0 aromatic carbocycles. The molecule has 0 atom stereocenters. The standard InChI is InChI=1S/C11H24BrNO4Si/c1-4-15-18(16-5-2,17-6-3)9-7-8-13-11(14)10-12/h4-10H2,1-3H3,(H,13,14). The molecule has 108 valence electrons. The van der Waals surface area contributed by atoms with E-state index in [1.165, 1.54) is 0 Å². The van der Waals surface area contributed by atoms with Crippen molar-refractivity contribution < 1.29 is 18.1 Å². The number of rotatable bonds is 11. The molecule has 7 heteroatoms. The molecular formula is C11H24BrNO4Si. The van der Waals surface area contributed by atoms with Crippen LogP contribution >= 0.6 is 15.9 Å². The van der Waals surface area contributed by atoms with Crippen LogP contribution in [-0.4, -0.2) is 46.4 Å². The quantitative estimate of drug-likeness (QED) is 0.354. The SMILES string of the molecule is CCO[Si](CCCNC(=O)CBr)(OCC)OCC. The van der Waals surface area contributed by atoms with Gasteiger partial charge in [-0.05, 0) is 27.2 Å². The number of hydrogen-bond acceptors (Lipinski definition) is 4. The fraction of sp³-hybridized carbons (Fsp3) is 0.909. The van der Waals surface area contributed by atoms with E-state index in [4.69, 9.17) is 13.3 Å². The smallest absolute Gasteiger partial charge is 0.374 e. The lowest BCUT2D eigenvalue weighted by atomic mass is 10.5. The molecule has 1 N–H and O–H groups in total. The van der Waals surface area contributed by atoms with Crippen LogP contribution in [0.1, 0.15) is 27.2 Å². The van der Waals surface area contributed by atoms with Gasteiger partial charge in [0.05, 0.1) is 5.33 Å². The third kappa shape index (κ3) is 7.47. The van der Waals surface area contributed by atoms with Gasteiger partial charge in [0.15, 0.2) is 0 Å². The number of alkyl halides is 1. The van der Waals surface area contributed by atoms with Crippen LogP contribution in [0.4, 0.5) is 0 Å². The second-order valence-electron chi connectivity index (χ2n) is 3.57. The van der Waals surface area contributed by atoms with E-state index in [1.54, 1.807) is 0 Å². The molecule has 1 amide bonds.